The minimum absolute atomic E-state index is 0.192. The molecule has 1 aromatic rings. The Balaban J connectivity index is 1.99. The second kappa shape index (κ2) is 5.47. The van der Waals surface area contributed by atoms with Crippen molar-refractivity contribution in [1.29, 1.82) is 5.41 Å². The Hall–Kier alpha value is -1.13. The first-order valence-corrected chi connectivity index (χ1v) is 6.79. The van der Waals surface area contributed by atoms with Gasteiger partial charge in [-0.2, -0.15) is 0 Å². The summed E-state index contributed by atoms with van der Waals surface area (Å²) in [5.74, 6) is 0.000853. The fourth-order valence-corrected chi connectivity index (χ4v) is 2.56. The van der Waals surface area contributed by atoms with Crippen LogP contribution in [0.2, 0.25) is 5.02 Å². The first kappa shape index (κ1) is 14.3. The summed E-state index contributed by atoms with van der Waals surface area (Å²) in [7, 11) is 0. The van der Waals surface area contributed by atoms with E-state index in [1.165, 1.54) is 12.1 Å². The molecule has 0 unspecified atom stereocenters. The van der Waals surface area contributed by atoms with Crippen LogP contribution < -0.4 is 5.73 Å². The largest absolute Gasteiger partial charge is 0.387 e. The zero-order valence-corrected chi connectivity index (χ0v) is 11.8. The molecular formula is C14H19ClFN3. The number of likely N-dealkylation sites (tertiary alicyclic amines) is 1. The summed E-state index contributed by atoms with van der Waals surface area (Å²) in [5, 5.41) is 8.22. The number of halogens is 2. The standard InChI is InChI=1S/C14H19ClFN3/c1-14(13(17)18)4-6-19(7-5-14)9-10-8-11(16)2-3-12(10)15/h2-3,8H,4-7,9H2,1H3,(H3,17,18). The van der Waals surface area contributed by atoms with Crippen molar-refractivity contribution in [2.24, 2.45) is 11.1 Å². The van der Waals surface area contributed by atoms with Gasteiger partial charge < -0.3 is 5.73 Å². The summed E-state index contributed by atoms with van der Waals surface area (Å²) in [6, 6.07) is 4.45. The predicted octanol–water partition coefficient (Wildman–Crippen LogP) is 3.02. The molecule has 0 aliphatic carbocycles. The maximum Gasteiger partial charge on any atom is 0.123 e. The summed E-state index contributed by atoms with van der Waals surface area (Å²) < 4.78 is 13.2. The SMILES string of the molecule is CC1(C(=N)N)CCN(Cc2cc(F)ccc2Cl)CC1. The number of hydrogen-bond donors (Lipinski definition) is 2. The van der Waals surface area contributed by atoms with Gasteiger partial charge in [-0.05, 0) is 49.7 Å². The number of amidine groups is 1. The van der Waals surface area contributed by atoms with Gasteiger partial charge >= 0.3 is 0 Å². The number of rotatable bonds is 3. The highest BCUT2D eigenvalue weighted by Gasteiger charge is 2.32. The van der Waals surface area contributed by atoms with Crippen molar-refractivity contribution in [1.82, 2.24) is 4.90 Å². The molecule has 0 saturated carbocycles. The van der Waals surface area contributed by atoms with Gasteiger partial charge in [0.1, 0.15) is 5.82 Å². The number of hydrogen-bond acceptors (Lipinski definition) is 2. The molecule has 19 heavy (non-hydrogen) atoms. The second-order valence-electron chi connectivity index (χ2n) is 5.49. The summed E-state index contributed by atoms with van der Waals surface area (Å²) in [5.41, 5.74) is 6.26. The molecule has 1 aromatic carbocycles. The molecule has 1 aliphatic heterocycles. The van der Waals surface area contributed by atoms with E-state index in [0.29, 0.717) is 11.6 Å². The molecule has 0 amide bonds. The highest BCUT2D eigenvalue weighted by Crippen LogP contribution is 2.31. The van der Waals surface area contributed by atoms with Gasteiger partial charge in [-0.25, -0.2) is 4.39 Å². The quantitative estimate of drug-likeness (QED) is 0.662. The van der Waals surface area contributed by atoms with Gasteiger partial charge in [0, 0.05) is 17.0 Å². The van der Waals surface area contributed by atoms with Crippen LogP contribution in [0.4, 0.5) is 4.39 Å². The molecule has 3 nitrogen and oxygen atoms in total. The van der Waals surface area contributed by atoms with Crippen LogP contribution in [0.3, 0.4) is 0 Å². The zero-order valence-electron chi connectivity index (χ0n) is 11.0. The normalized spacial score (nSPS) is 19.3. The summed E-state index contributed by atoms with van der Waals surface area (Å²) in [6.45, 7) is 4.37. The average Bonchev–Trinajstić information content (AvgIpc) is 2.36. The van der Waals surface area contributed by atoms with E-state index in [0.717, 1.165) is 31.5 Å². The van der Waals surface area contributed by atoms with Crippen molar-refractivity contribution in [2.45, 2.75) is 26.3 Å². The number of nitrogens with zero attached hydrogens (tertiary/aromatic N) is 1. The molecule has 104 valence electrons. The van der Waals surface area contributed by atoms with Gasteiger partial charge in [-0.15, -0.1) is 0 Å². The van der Waals surface area contributed by atoms with Gasteiger partial charge in [-0.3, -0.25) is 10.3 Å². The second-order valence-corrected chi connectivity index (χ2v) is 5.89. The molecule has 0 aromatic heterocycles. The minimum atomic E-state index is -0.259. The summed E-state index contributed by atoms with van der Waals surface area (Å²) in [6.07, 6.45) is 1.71. The Bertz CT molecular complexity index is 482. The highest BCUT2D eigenvalue weighted by molar-refractivity contribution is 6.31. The zero-order chi connectivity index (χ0) is 14.0. The van der Waals surface area contributed by atoms with Crippen LogP contribution in [0.5, 0.6) is 0 Å². The van der Waals surface area contributed by atoms with Gasteiger partial charge in [0.15, 0.2) is 0 Å². The smallest absolute Gasteiger partial charge is 0.123 e. The Morgan fingerprint density at radius 3 is 2.68 bits per heavy atom. The third-order valence-corrected chi connectivity index (χ3v) is 4.38. The fraction of sp³-hybridized carbons (Fsp3) is 0.500. The van der Waals surface area contributed by atoms with E-state index < -0.39 is 0 Å². The van der Waals surface area contributed by atoms with Crippen molar-refractivity contribution in [2.75, 3.05) is 13.1 Å². The van der Waals surface area contributed by atoms with Crippen LogP contribution in [-0.4, -0.2) is 23.8 Å². The summed E-state index contributed by atoms with van der Waals surface area (Å²) in [4.78, 5) is 2.23. The Morgan fingerprint density at radius 2 is 2.11 bits per heavy atom. The molecular weight excluding hydrogens is 265 g/mol. The highest BCUT2D eigenvalue weighted by atomic mass is 35.5. The molecule has 1 heterocycles. The predicted molar refractivity (Wildman–Crippen MR) is 75.9 cm³/mol. The lowest BCUT2D eigenvalue weighted by molar-refractivity contribution is 0.156. The van der Waals surface area contributed by atoms with E-state index in [1.807, 2.05) is 6.92 Å². The van der Waals surface area contributed by atoms with E-state index in [9.17, 15) is 4.39 Å². The van der Waals surface area contributed by atoms with Crippen molar-refractivity contribution in [3.05, 3.63) is 34.6 Å². The van der Waals surface area contributed by atoms with Crippen molar-refractivity contribution in [3.63, 3.8) is 0 Å². The molecule has 1 fully saturated rings. The molecule has 1 saturated heterocycles. The van der Waals surface area contributed by atoms with Crippen LogP contribution in [0.25, 0.3) is 0 Å². The molecule has 0 radical (unpaired) electrons. The van der Waals surface area contributed by atoms with E-state index >= 15 is 0 Å². The molecule has 2 rings (SSSR count). The van der Waals surface area contributed by atoms with E-state index in [2.05, 4.69) is 4.90 Å². The average molecular weight is 284 g/mol. The van der Waals surface area contributed by atoms with Crippen LogP contribution in [0.15, 0.2) is 18.2 Å². The first-order valence-electron chi connectivity index (χ1n) is 6.41. The fourth-order valence-electron chi connectivity index (χ4n) is 2.38. The number of nitrogens with two attached hydrogens (primary N) is 1. The van der Waals surface area contributed by atoms with Gasteiger partial charge in [0.05, 0.1) is 5.84 Å². The number of benzene rings is 1. The van der Waals surface area contributed by atoms with Gasteiger partial charge in [-0.1, -0.05) is 18.5 Å². The molecule has 0 bridgehead atoms. The lowest BCUT2D eigenvalue weighted by Crippen LogP contribution is -2.44. The molecule has 5 heteroatoms. The van der Waals surface area contributed by atoms with Gasteiger partial charge in [0.25, 0.3) is 0 Å². The van der Waals surface area contributed by atoms with Crippen LogP contribution in [0.1, 0.15) is 25.3 Å². The van der Waals surface area contributed by atoms with E-state index in [-0.39, 0.29) is 17.1 Å². The Morgan fingerprint density at radius 1 is 1.47 bits per heavy atom. The first-order chi connectivity index (χ1) is 8.90. The number of nitrogens with one attached hydrogen (secondary N) is 1. The van der Waals surface area contributed by atoms with E-state index in [4.69, 9.17) is 22.7 Å². The number of piperidine rings is 1. The van der Waals surface area contributed by atoms with Crippen LogP contribution in [0, 0.1) is 16.6 Å². The third-order valence-electron chi connectivity index (χ3n) is 4.01. The lowest BCUT2D eigenvalue weighted by atomic mass is 9.79. The van der Waals surface area contributed by atoms with Crippen molar-refractivity contribution in [3.8, 4) is 0 Å². The summed E-state index contributed by atoms with van der Waals surface area (Å²) >= 11 is 6.07. The maximum atomic E-state index is 13.2. The maximum absolute atomic E-state index is 13.2. The third kappa shape index (κ3) is 3.25. The topological polar surface area (TPSA) is 53.1 Å². The van der Waals surface area contributed by atoms with Gasteiger partial charge in [0.2, 0.25) is 0 Å². The molecule has 3 N–H and O–H groups in total. The molecule has 0 atom stereocenters. The van der Waals surface area contributed by atoms with Crippen molar-refractivity contribution >= 4 is 17.4 Å². The molecule has 1 aliphatic rings. The lowest BCUT2D eigenvalue weighted by Gasteiger charge is -2.38. The van der Waals surface area contributed by atoms with Crippen LogP contribution >= 0.6 is 11.6 Å². The van der Waals surface area contributed by atoms with Crippen molar-refractivity contribution < 1.29 is 4.39 Å². The Labute approximate surface area is 118 Å². The van der Waals surface area contributed by atoms with Crippen LogP contribution in [-0.2, 0) is 6.54 Å². The monoisotopic (exact) mass is 283 g/mol. The Kier molecular flexibility index (Phi) is 4.11. The minimum Gasteiger partial charge on any atom is -0.387 e. The van der Waals surface area contributed by atoms with E-state index in [1.54, 1.807) is 6.07 Å². The molecule has 0 spiro atoms.